The third-order valence-electron chi connectivity index (χ3n) is 2.74. The SMILES string of the molecule is CCC[CH2][Sn]([CH2]CCC)([O]C(C)=O)[O]C(=O)CC. The minimum atomic E-state index is -3.52. The molecule has 0 aromatic heterocycles. The number of hydrogen-bond acceptors (Lipinski definition) is 4. The Balaban J connectivity index is 4.84. The van der Waals surface area contributed by atoms with E-state index in [1.807, 2.05) is 0 Å². The van der Waals surface area contributed by atoms with E-state index in [1.165, 1.54) is 6.92 Å². The van der Waals surface area contributed by atoms with E-state index in [0.29, 0.717) is 6.42 Å². The summed E-state index contributed by atoms with van der Waals surface area (Å²) in [7, 11) is 0. The first-order valence-electron chi connectivity index (χ1n) is 6.91. The van der Waals surface area contributed by atoms with E-state index in [4.69, 9.17) is 6.15 Å². The standard InChI is InChI=1S/2C4H9.C3H6O2.C2H4O2.Sn/c2*1-3-4-2;1-2-3(4)5;1-2(3)4;/h2*1,3-4H2,2H3;2H2,1H3,(H,4,5);1H3,(H,3,4);/q;;;;+2/p-2. The molecule has 0 aliphatic carbocycles. The minimum absolute atomic E-state index is 0.223. The second-order valence-electron chi connectivity index (χ2n) is 4.54. The van der Waals surface area contributed by atoms with Crippen molar-refractivity contribution in [3.05, 3.63) is 0 Å². The van der Waals surface area contributed by atoms with Crippen LogP contribution >= 0.6 is 0 Å². The second-order valence-corrected chi connectivity index (χ2v) is 13.8. The molecule has 0 saturated carbocycles. The van der Waals surface area contributed by atoms with Crippen LogP contribution in [0, 0.1) is 0 Å². The molecule has 5 heteroatoms. The van der Waals surface area contributed by atoms with E-state index in [-0.39, 0.29) is 11.9 Å². The molecule has 0 N–H and O–H groups in total. The molecule has 0 radical (unpaired) electrons. The Bertz CT molecular complexity index is 258. The molecule has 0 unspecified atom stereocenters. The zero-order valence-corrected chi connectivity index (χ0v) is 14.9. The van der Waals surface area contributed by atoms with Crippen LogP contribution in [0.3, 0.4) is 0 Å². The van der Waals surface area contributed by atoms with Crippen LogP contribution in [0.2, 0.25) is 8.87 Å². The number of rotatable bonds is 9. The first-order chi connectivity index (χ1) is 8.49. The van der Waals surface area contributed by atoms with Crippen LogP contribution in [-0.2, 0) is 15.7 Å². The quantitative estimate of drug-likeness (QED) is 0.587. The van der Waals surface area contributed by atoms with Crippen molar-refractivity contribution in [2.24, 2.45) is 0 Å². The summed E-state index contributed by atoms with van der Waals surface area (Å²) in [6, 6.07) is 0. The van der Waals surface area contributed by atoms with Gasteiger partial charge in [0.05, 0.1) is 0 Å². The molecular weight excluding hydrogens is 339 g/mol. The Kier molecular flexibility index (Phi) is 9.50. The van der Waals surface area contributed by atoms with Crippen molar-refractivity contribution in [2.45, 2.75) is 68.7 Å². The van der Waals surface area contributed by atoms with Crippen molar-refractivity contribution < 1.29 is 15.7 Å². The van der Waals surface area contributed by atoms with Crippen molar-refractivity contribution in [3.63, 3.8) is 0 Å². The first kappa shape index (κ1) is 17.7. The van der Waals surface area contributed by atoms with Crippen molar-refractivity contribution in [2.75, 3.05) is 0 Å². The fourth-order valence-electron chi connectivity index (χ4n) is 1.78. The van der Waals surface area contributed by atoms with Gasteiger partial charge in [-0.3, -0.25) is 0 Å². The average Bonchev–Trinajstić information content (AvgIpc) is 2.33. The Hall–Kier alpha value is -0.261. The zero-order valence-electron chi connectivity index (χ0n) is 12.1. The van der Waals surface area contributed by atoms with E-state index in [0.717, 1.165) is 34.6 Å². The third kappa shape index (κ3) is 7.23. The molecule has 0 saturated heterocycles. The van der Waals surface area contributed by atoms with Crippen LogP contribution in [-0.4, -0.2) is 31.1 Å². The van der Waals surface area contributed by atoms with Gasteiger partial charge in [0, 0.05) is 0 Å². The molecule has 0 aromatic carbocycles. The van der Waals surface area contributed by atoms with Crippen molar-refractivity contribution in [1.82, 2.24) is 0 Å². The maximum atomic E-state index is 11.6. The molecule has 0 fully saturated rings. The summed E-state index contributed by atoms with van der Waals surface area (Å²) < 4.78 is 12.7. The molecule has 106 valence electrons. The predicted molar refractivity (Wildman–Crippen MR) is 73.3 cm³/mol. The number of carbonyl (C=O) groups is 2. The van der Waals surface area contributed by atoms with Gasteiger partial charge < -0.3 is 0 Å². The molecule has 0 aliphatic heterocycles. The van der Waals surface area contributed by atoms with Crippen molar-refractivity contribution in [3.8, 4) is 0 Å². The Morgan fingerprint density at radius 2 is 1.44 bits per heavy atom. The van der Waals surface area contributed by atoms with E-state index in [1.54, 1.807) is 6.92 Å². The molecule has 0 spiro atoms. The summed E-state index contributed by atoms with van der Waals surface area (Å²) in [5, 5.41) is 0. The average molecular weight is 365 g/mol. The molecule has 0 heterocycles. The van der Waals surface area contributed by atoms with Crippen molar-refractivity contribution in [1.29, 1.82) is 0 Å². The van der Waals surface area contributed by atoms with Gasteiger partial charge in [-0.2, -0.15) is 0 Å². The fourth-order valence-corrected chi connectivity index (χ4v) is 12.0. The summed E-state index contributed by atoms with van der Waals surface area (Å²) >= 11 is -3.52. The van der Waals surface area contributed by atoms with Gasteiger partial charge >= 0.3 is 116 Å². The molecule has 0 bridgehead atoms. The monoisotopic (exact) mass is 366 g/mol. The van der Waals surface area contributed by atoms with Crippen LogP contribution in [0.1, 0.15) is 59.8 Å². The van der Waals surface area contributed by atoms with Crippen LogP contribution < -0.4 is 0 Å². The molecule has 0 aromatic rings. The van der Waals surface area contributed by atoms with E-state index < -0.39 is 19.2 Å². The Labute approximate surface area is 115 Å². The summed E-state index contributed by atoms with van der Waals surface area (Å²) in [5.74, 6) is -0.527. The molecule has 18 heavy (non-hydrogen) atoms. The fraction of sp³-hybridized carbons (Fsp3) is 0.846. The van der Waals surface area contributed by atoms with Crippen LogP contribution in [0.5, 0.6) is 0 Å². The van der Waals surface area contributed by atoms with E-state index in [2.05, 4.69) is 13.8 Å². The number of carbonyl (C=O) groups excluding carboxylic acids is 2. The topological polar surface area (TPSA) is 52.6 Å². The van der Waals surface area contributed by atoms with Crippen LogP contribution in [0.4, 0.5) is 0 Å². The van der Waals surface area contributed by atoms with Gasteiger partial charge in [0.25, 0.3) is 0 Å². The normalized spacial score (nSPS) is 11.1. The van der Waals surface area contributed by atoms with E-state index in [9.17, 15) is 9.59 Å². The summed E-state index contributed by atoms with van der Waals surface area (Å²) in [6.45, 7) is 7.35. The van der Waals surface area contributed by atoms with Gasteiger partial charge in [-0.15, -0.1) is 0 Å². The number of unbranched alkanes of at least 4 members (excludes halogenated alkanes) is 2. The van der Waals surface area contributed by atoms with Crippen LogP contribution in [0.15, 0.2) is 0 Å². The van der Waals surface area contributed by atoms with Gasteiger partial charge in [-0.05, 0) is 0 Å². The van der Waals surface area contributed by atoms with E-state index >= 15 is 0 Å². The molecular formula is C13H26O4Sn. The Morgan fingerprint density at radius 3 is 1.78 bits per heavy atom. The summed E-state index contributed by atoms with van der Waals surface area (Å²) in [6.07, 6.45) is 4.32. The predicted octanol–water partition coefficient (Wildman–Crippen LogP) is 3.55. The number of hydrogen-bond donors (Lipinski definition) is 0. The summed E-state index contributed by atoms with van der Waals surface area (Å²) in [4.78, 5) is 22.9. The molecule has 0 aliphatic rings. The van der Waals surface area contributed by atoms with Gasteiger partial charge in [-0.1, -0.05) is 0 Å². The van der Waals surface area contributed by atoms with Gasteiger partial charge in [0.2, 0.25) is 0 Å². The summed E-state index contributed by atoms with van der Waals surface area (Å²) in [5.41, 5.74) is 0. The molecule has 4 nitrogen and oxygen atoms in total. The van der Waals surface area contributed by atoms with Gasteiger partial charge in [0.15, 0.2) is 0 Å². The van der Waals surface area contributed by atoms with Gasteiger partial charge in [0.1, 0.15) is 0 Å². The second kappa shape index (κ2) is 9.64. The molecule has 0 rings (SSSR count). The third-order valence-corrected chi connectivity index (χ3v) is 12.7. The van der Waals surface area contributed by atoms with Crippen molar-refractivity contribution >= 4 is 31.1 Å². The van der Waals surface area contributed by atoms with Crippen LogP contribution in [0.25, 0.3) is 0 Å². The molecule has 0 atom stereocenters. The maximum absolute atomic E-state index is 11.6. The van der Waals surface area contributed by atoms with Gasteiger partial charge in [-0.25, -0.2) is 0 Å². The molecule has 0 amide bonds. The Morgan fingerprint density at radius 1 is 0.944 bits per heavy atom. The first-order valence-corrected chi connectivity index (χ1v) is 13.3. The zero-order chi connectivity index (χ0) is 14.0.